The maximum absolute atomic E-state index is 12.9. The van der Waals surface area contributed by atoms with Gasteiger partial charge in [-0.1, -0.05) is 12.1 Å². The van der Waals surface area contributed by atoms with Crippen molar-refractivity contribution in [3.8, 4) is 0 Å². The molecule has 152 valence electrons. The minimum atomic E-state index is -0.306. The van der Waals surface area contributed by atoms with E-state index in [0.29, 0.717) is 19.1 Å². The predicted octanol–water partition coefficient (Wildman–Crippen LogP) is 1.96. The number of rotatable bonds is 7. The summed E-state index contributed by atoms with van der Waals surface area (Å²) >= 11 is 0. The molecule has 1 fully saturated rings. The van der Waals surface area contributed by atoms with Crippen LogP contribution in [-0.2, 0) is 11.2 Å². The first-order valence-corrected chi connectivity index (χ1v) is 9.31. The molecule has 0 saturated heterocycles. The molecule has 1 aromatic rings. The molecule has 0 aliphatic heterocycles. The maximum atomic E-state index is 12.9. The van der Waals surface area contributed by atoms with Crippen molar-refractivity contribution in [1.82, 2.24) is 16.0 Å². The number of halogens is 2. The number of carbonyl (C=O) groups excluding carboxylic acids is 1. The number of amides is 1. The smallest absolute Gasteiger partial charge is 0.224 e. The molecule has 1 saturated carbocycles. The number of nitrogens with one attached hydrogen (secondary N) is 3. The molecule has 0 atom stereocenters. The molecule has 0 spiro atoms. The highest BCUT2D eigenvalue weighted by Gasteiger charge is 2.19. The number of aliphatic imine (C=N–C) groups is 1. The molecule has 1 aliphatic rings. The van der Waals surface area contributed by atoms with Gasteiger partial charge < -0.3 is 21.1 Å². The van der Waals surface area contributed by atoms with Crippen molar-refractivity contribution < 1.29 is 14.3 Å². The van der Waals surface area contributed by atoms with E-state index in [2.05, 4.69) is 20.9 Å². The number of carbonyl (C=O) groups is 1. The predicted molar refractivity (Wildman–Crippen MR) is 116 cm³/mol. The second-order valence-corrected chi connectivity index (χ2v) is 6.56. The monoisotopic (exact) mass is 492 g/mol. The largest absolute Gasteiger partial charge is 0.393 e. The number of hydrogen-bond donors (Lipinski definition) is 4. The fourth-order valence-corrected chi connectivity index (χ4v) is 2.95. The third-order valence-electron chi connectivity index (χ3n) is 4.36. The van der Waals surface area contributed by atoms with Crippen LogP contribution in [0, 0.1) is 5.82 Å². The van der Waals surface area contributed by atoms with Crippen LogP contribution in [0.1, 0.15) is 38.2 Å². The van der Waals surface area contributed by atoms with E-state index >= 15 is 0 Å². The van der Waals surface area contributed by atoms with Gasteiger partial charge in [0.05, 0.1) is 19.1 Å². The van der Waals surface area contributed by atoms with Crippen LogP contribution in [0.3, 0.4) is 0 Å². The Balaban J connectivity index is 0.00000364. The van der Waals surface area contributed by atoms with Crippen LogP contribution in [0.5, 0.6) is 0 Å². The van der Waals surface area contributed by atoms with E-state index < -0.39 is 0 Å². The minimum Gasteiger partial charge on any atom is -0.393 e. The van der Waals surface area contributed by atoms with Crippen LogP contribution in [0.2, 0.25) is 0 Å². The lowest BCUT2D eigenvalue weighted by atomic mass is 9.93. The van der Waals surface area contributed by atoms with Crippen molar-refractivity contribution in [3.63, 3.8) is 0 Å². The van der Waals surface area contributed by atoms with Gasteiger partial charge in [-0.25, -0.2) is 4.39 Å². The van der Waals surface area contributed by atoms with Gasteiger partial charge in [0, 0.05) is 19.1 Å². The van der Waals surface area contributed by atoms with Gasteiger partial charge in [0.25, 0.3) is 0 Å². The Morgan fingerprint density at radius 1 is 1.19 bits per heavy atom. The van der Waals surface area contributed by atoms with Gasteiger partial charge in [0.15, 0.2) is 5.96 Å². The molecule has 0 radical (unpaired) electrons. The highest BCUT2D eigenvalue weighted by molar-refractivity contribution is 14.0. The zero-order chi connectivity index (χ0) is 18.8. The number of guanidine groups is 1. The molecule has 0 heterocycles. The van der Waals surface area contributed by atoms with Gasteiger partial charge in [-0.2, -0.15) is 0 Å². The van der Waals surface area contributed by atoms with Crippen LogP contribution in [-0.4, -0.2) is 48.8 Å². The van der Waals surface area contributed by atoms with Crippen molar-refractivity contribution in [2.75, 3.05) is 19.6 Å². The molecular formula is C19H30FIN4O2. The lowest BCUT2D eigenvalue weighted by Crippen LogP contribution is -2.45. The van der Waals surface area contributed by atoms with Crippen LogP contribution in [0.15, 0.2) is 29.3 Å². The Morgan fingerprint density at radius 2 is 1.85 bits per heavy atom. The van der Waals surface area contributed by atoms with Crippen molar-refractivity contribution in [1.29, 1.82) is 0 Å². The Labute approximate surface area is 177 Å². The average molecular weight is 492 g/mol. The highest BCUT2D eigenvalue weighted by atomic mass is 127. The SMILES string of the molecule is CCNC(=NCCNC(=O)Cc1ccc(F)cc1)NC1CCC(O)CC1.I. The fourth-order valence-electron chi connectivity index (χ4n) is 2.95. The molecule has 6 nitrogen and oxygen atoms in total. The third-order valence-corrected chi connectivity index (χ3v) is 4.36. The second kappa shape index (κ2) is 12.9. The van der Waals surface area contributed by atoms with E-state index in [0.717, 1.165) is 43.8 Å². The Kier molecular flexibility index (Phi) is 11.3. The van der Waals surface area contributed by atoms with Crippen molar-refractivity contribution in [2.24, 2.45) is 4.99 Å². The Bertz CT molecular complexity index is 590. The maximum Gasteiger partial charge on any atom is 0.224 e. The fraction of sp³-hybridized carbons (Fsp3) is 0.579. The van der Waals surface area contributed by atoms with Gasteiger partial charge in [0.1, 0.15) is 5.82 Å². The van der Waals surface area contributed by atoms with E-state index in [4.69, 9.17) is 0 Å². The minimum absolute atomic E-state index is 0. The lowest BCUT2D eigenvalue weighted by Gasteiger charge is -2.27. The van der Waals surface area contributed by atoms with Gasteiger partial charge in [0.2, 0.25) is 5.91 Å². The van der Waals surface area contributed by atoms with Gasteiger partial charge in [-0.3, -0.25) is 9.79 Å². The first-order valence-electron chi connectivity index (χ1n) is 9.31. The van der Waals surface area contributed by atoms with Gasteiger partial charge in [-0.15, -0.1) is 24.0 Å². The normalized spacial score (nSPS) is 19.7. The molecule has 27 heavy (non-hydrogen) atoms. The van der Waals surface area contributed by atoms with Gasteiger partial charge >= 0.3 is 0 Å². The molecule has 4 N–H and O–H groups in total. The highest BCUT2D eigenvalue weighted by Crippen LogP contribution is 2.18. The average Bonchev–Trinajstić information content (AvgIpc) is 2.63. The topological polar surface area (TPSA) is 85.8 Å². The third kappa shape index (κ3) is 9.37. The van der Waals surface area contributed by atoms with E-state index in [-0.39, 0.29) is 48.2 Å². The van der Waals surface area contributed by atoms with E-state index in [1.807, 2.05) is 6.92 Å². The molecule has 1 amide bonds. The van der Waals surface area contributed by atoms with Crippen LogP contribution in [0.4, 0.5) is 4.39 Å². The molecule has 8 heteroatoms. The number of benzene rings is 1. The molecule has 1 aromatic carbocycles. The summed E-state index contributed by atoms with van der Waals surface area (Å²) in [6.07, 6.45) is 3.54. The number of aliphatic hydroxyl groups excluding tert-OH is 1. The summed E-state index contributed by atoms with van der Waals surface area (Å²) in [5.41, 5.74) is 0.780. The molecule has 0 bridgehead atoms. The summed E-state index contributed by atoms with van der Waals surface area (Å²) in [5, 5.41) is 19.0. The van der Waals surface area contributed by atoms with Crippen molar-refractivity contribution >= 4 is 35.8 Å². The summed E-state index contributed by atoms with van der Waals surface area (Å²) in [7, 11) is 0. The van der Waals surface area contributed by atoms with E-state index in [9.17, 15) is 14.3 Å². The molecular weight excluding hydrogens is 462 g/mol. The standard InChI is InChI=1S/C19H29FN4O2.HI/c1-2-21-19(24-16-7-9-17(25)10-8-16)23-12-11-22-18(26)13-14-3-5-15(20)6-4-14;/h3-6,16-17,25H,2,7-13H2,1H3,(H,22,26)(H2,21,23,24);1H. The zero-order valence-electron chi connectivity index (χ0n) is 15.7. The zero-order valence-corrected chi connectivity index (χ0v) is 18.0. The first-order chi connectivity index (χ1) is 12.6. The Morgan fingerprint density at radius 3 is 2.48 bits per heavy atom. The van der Waals surface area contributed by atoms with Crippen molar-refractivity contribution in [3.05, 3.63) is 35.6 Å². The molecule has 0 unspecified atom stereocenters. The summed E-state index contributed by atoms with van der Waals surface area (Å²) in [5.74, 6) is 0.326. The number of hydrogen-bond acceptors (Lipinski definition) is 3. The number of nitrogens with zero attached hydrogens (tertiary/aromatic N) is 1. The van der Waals surface area contributed by atoms with E-state index in [1.54, 1.807) is 12.1 Å². The van der Waals surface area contributed by atoms with Crippen LogP contribution in [0.25, 0.3) is 0 Å². The molecule has 2 rings (SSSR count). The summed E-state index contributed by atoms with van der Waals surface area (Å²) in [6, 6.07) is 6.25. The second-order valence-electron chi connectivity index (χ2n) is 6.56. The Hall–Kier alpha value is -1.42. The number of aliphatic hydroxyl groups is 1. The van der Waals surface area contributed by atoms with Crippen LogP contribution >= 0.6 is 24.0 Å². The van der Waals surface area contributed by atoms with Crippen molar-refractivity contribution in [2.45, 2.75) is 51.2 Å². The summed E-state index contributed by atoms with van der Waals surface area (Å²) in [4.78, 5) is 16.4. The first kappa shape index (κ1) is 23.6. The quantitative estimate of drug-likeness (QED) is 0.203. The van der Waals surface area contributed by atoms with E-state index in [1.165, 1.54) is 12.1 Å². The van der Waals surface area contributed by atoms with Crippen LogP contribution < -0.4 is 16.0 Å². The summed E-state index contributed by atoms with van der Waals surface area (Å²) < 4.78 is 12.9. The molecule has 1 aliphatic carbocycles. The lowest BCUT2D eigenvalue weighted by molar-refractivity contribution is -0.120. The summed E-state index contributed by atoms with van der Waals surface area (Å²) in [6.45, 7) is 3.68. The van der Waals surface area contributed by atoms with Gasteiger partial charge in [-0.05, 0) is 50.3 Å². The molecule has 0 aromatic heterocycles.